The summed E-state index contributed by atoms with van der Waals surface area (Å²) in [5.41, 5.74) is 3.61. The van der Waals surface area contributed by atoms with Crippen molar-refractivity contribution in [3.8, 4) is 5.75 Å². The topological polar surface area (TPSA) is 94.1 Å². The van der Waals surface area contributed by atoms with Crippen LogP contribution in [0.15, 0.2) is 76.7 Å². The summed E-state index contributed by atoms with van der Waals surface area (Å²) in [6, 6.07) is 19.3. The van der Waals surface area contributed by atoms with E-state index in [2.05, 4.69) is 14.7 Å². The summed E-state index contributed by atoms with van der Waals surface area (Å²) in [6.07, 6.45) is 1.43. The highest BCUT2D eigenvalue weighted by molar-refractivity contribution is 7.89. The number of nitrogens with zero attached hydrogens (tertiary/aromatic N) is 1. The first-order valence-corrected chi connectivity index (χ1v) is 11.3. The van der Waals surface area contributed by atoms with E-state index in [1.807, 2.05) is 13.0 Å². The Kier molecular flexibility index (Phi) is 7.27. The fraction of sp³-hybridized carbons (Fsp3) is 0.167. The molecule has 0 bridgehead atoms. The van der Waals surface area contributed by atoms with Gasteiger partial charge < -0.3 is 9.47 Å². The average molecular weight is 453 g/mol. The summed E-state index contributed by atoms with van der Waals surface area (Å²) in [4.78, 5) is 13.9. The Bertz CT molecular complexity index is 1220. The smallest absolute Gasteiger partial charge is 0.337 e. The zero-order valence-corrected chi connectivity index (χ0v) is 18.8. The van der Waals surface area contributed by atoms with Gasteiger partial charge in [0, 0.05) is 0 Å². The van der Waals surface area contributed by atoms with Crippen LogP contribution in [0.3, 0.4) is 0 Å². The van der Waals surface area contributed by atoms with Crippen molar-refractivity contribution in [2.45, 2.75) is 25.3 Å². The number of carbonyl (C=O) groups excluding carboxylic acids is 1. The number of hydrogen-bond acceptors (Lipinski definition) is 6. The van der Waals surface area contributed by atoms with E-state index in [0.29, 0.717) is 29.0 Å². The number of rotatable bonds is 8. The Morgan fingerprint density at radius 1 is 1.00 bits per heavy atom. The number of ether oxygens (including phenoxy) is 2. The van der Waals surface area contributed by atoms with Crippen LogP contribution in [0.4, 0.5) is 0 Å². The normalized spacial score (nSPS) is 11.3. The summed E-state index contributed by atoms with van der Waals surface area (Å²) in [5.74, 6) is 0.265. The number of benzene rings is 3. The van der Waals surface area contributed by atoms with Gasteiger partial charge in [0.2, 0.25) is 0 Å². The third kappa shape index (κ3) is 5.95. The van der Waals surface area contributed by atoms with Crippen molar-refractivity contribution in [3.63, 3.8) is 0 Å². The van der Waals surface area contributed by atoms with Crippen LogP contribution < -0.4 is 9.57 Å². The number of nitrogens with one attached hydrogen (secondary N) is 1. The number of carbonyl (C=O) groups is 1. The van der Waals surface area contributed by atoms with E-state index < -0.39 is 10.0 Å². The van der Waals surface area contributed by atoms with Gasteiger partial charge in [0.1, 0.15) is 12.4 Å². The van der Waals surface area contributed by atoms with Crippen molar-refractivity contribution in [3.05, 3.63) is 94.5 Å². The lowest BCUT2D eigenvalue weighted by Gasteiger charge is -2.08. The second-order valence-electron chi connectivity index (χ2n) is 7.17. The number of aryl methyl sites for hydroxylation is 2. The summed E-state index contributed by atoms with van der Waals surface area (Å²) in [6.45, 7) is 3.91. The van der Waals surface area contributed by atoms with Crippen LogP contribution in [-0.4, -0.2) is 27.7 Å². The highest BCUT2D eigenvalue weighted by Crippen LogP contribution is 2.17. The maximum atomic E-state index is 12.5. The van der Waals surface area contributed by atoms with Gasteiger partial charge >= 0.3 is 5.97 Å². The lowest BCUT2D eigenvalue weighted by molar-refractivity contribution is 0.0600. The standard InChI is InChI=1S/C24H24N2O5S/c1-17-4-5-18(2)23(14-17)32(28,29)26-25-15-19-8-12-22(13-9-19)31-16-20-6-10-21(11-7-20)24(27)30-3/h4-15,26H,16H2,1-3H3/b25-15+. The molecule has 0 unspecified atom stereocenters. The van der Waals surface area contributed by atoms with E-state index in [9.17, 15) is 13.2 Å². The number of methoxy groups -OCH3 is 1. The minimum Gasteiger partial charge on any atom is -0.489 e. The van der Waals surface area contributed by atoms with E-state index in [1.165, 1.54) is 13.3 Å². The van der Waals surface area contributed by atoms with Gasteiger partial charge in [-0.1, -0.05) is 24.3 Å². The number of sulfonamides is 1. The fourth-order valence-electron chi connectivity index (χ4n) is 2.89. The van der Waals surface area contributed by atoms with Crippen molar-refractivity contribution in [2.24, 2.45) is 5.10 Å². The van der Waals surface area contributed by atoms with Crippen LogP contribution in [0.5, 0.6) is 5.75 Å². The predicted octanol–water partition coefficient (Wildman–Crippen LogP) is 3.98. The van der Waals surface area contributed by atoms with Gasteiger partial charge in [-0.25, -0.2) is 9.63 Å². The van der Waals surface area contributed by atoms with Gasteiger partial charge in [0.15, 0.2) is 0 Å². The summed E-state index contributed by atoms with van der Waals surface area (Å²) in [5, 5.41) is 3.87. The molecule has 0 spiro atoms. The molecule has 3 aromatic carbocycles. The molecule has 8 heteroatoms. The van der Waals surface area contributed by atoms with Gasteiger partial charge in [-0.05, 0) is 78.6 Å². The van der Waals surface area contributed by atoms with Gasteiger partial charge in [-0.2, -0.15) is 13.5 Å². The first-order chi connectivity index (χ1) is 15.3. The molecule has 0 radical (unpaired) electrons. The largest absolute Gasteiger partial charge is 0.489 e. The number of hydrogen-bond donors (Lipinski definition) is 1. The van der Waals surface area contributed by atoms with Gasteiger partial charge in [0.05, 0.1) is 23.8 Å². The Morgan fingerprint density at radius 2 is 1.69 bits per heavy atom. The number of esters is 1. The molecule has 166 valence electrons. The predicted molar refractivity (Wildman–Crippen MR) is 122 cm³/mol. The molecule has 1 N–H and O–H groups in total. The molecular formula is C24H24N2O5S. The van der Waals surface area contributed by atoms with Crippen LogP contribution in [0.1, 0.15) is 32.6 Å². The molecule has 0 saturated carbocycles. The molecule has 0 atom stereocenters. The fourth-order valence-corrected chi connectivity index (χ4v) is 4.01. The van der Waals surface area contributed by atoms with Crippen LogP contribution in [0, 0.1) is 13.8 Å². The van der Waals surface area contributed by atoms with Crippen LogP contribution in [-0.2, 0) is 21.4 Å². The third-order valence-corrected chi connectivity index (χ3v) is 6.04. The van der Waals surface area contributed by atoms with Crippen molar-refractivity contribution >= 4 is 22.2 Å². The van der Waals surface area contributed by atoms with Crippen molar-refractivity contribution in [1.82, 2.24) is 4.83 Å². The Balaban J connectivity index is 1.57. The van der Waals surface area contributed by atoms with E-state index in [4.69, 9.17) is 4.74 Å². The molecule has 7 nitrogen and oxygen atoms in total. The first kappa shape index (κ1) is 23.0. The molecular weight excluding hydrogens is 428 g/mol. The first-order valence-electron chi connectivity index (χ1n) is 9.81. The minimum atomic E-state index is -3.74. The van der Waals surface area contributed by atoms with E-state index in [1.54, 1.807) is 67.6 Å². The molecule has 3 rings (SSSR count). The Labute approximate surface area is 187 Å². The maximum Gasteiger partial charge on any atom is 0.337 e. The van der Waals surface area contributed by atoms with Crippen LogP contribution >= 0.6 is 0 Å². The zero-order valence-electron chi connectivity index (χ0n) is 18.0. The van der Waals surface area contributed by atoms with Crippen molar-refractivity contribution in [2.75, 3.05) is 7.11 Å². The Hall–Kier alpha value is -3.65. The van der Waals surface area contributed by atoms with E-state index in [-0.39, 0.29) is 10.9 Å². The average Bonchev–Trinajstić information content (AvgIpc) is 2.79. The molecule has 0 heterocycles. The van der Waals surface area contributed by atoms with E-state index in [0.717, 1.165) is 11.1 Å². The van der Waals surface area contributed by atoms with E-state index >= 15 is 0 Å². The third-order valence-electron chi connectivity index (χ3n) is 4.68. The molecule has 0 aromatic heterocycles. The highest BCUT2D eigenvalue weighted by Gasteiger charge is 2.15. The highest BCUT2D eigenvalue weighted by atomic mass is 32.2. The second-order valence-corrected chi connectivity index (χ2v) is 8.80. The molecule has 0 aliphatic heterocycles. The van der Waals surface area contributed by atoms with Gasteiger partial charge in [0.25, 0.3) is 10.0 Å². The summed E-state index contributed by atoms with van der Waals surface area (Å²) in [7, 11) is -2.40. The van der Waals surface area contributed by atoms with Gasteiger partial charge in [-0.15, -0.1) is 0 Å². The second kappa shape index (κ2) is 10.1. The lowest BCUT2D eigenvalue weighted by atomic mass is 10.1. The van der Waals surface area contributed by atoms with Gasteiger partial charge in [-0.3, -0.25) is 0 Å². The minimum absolute atomic E-state index is 0.206. The number of hydrazone groups is 1. The SMILES string of the molecule is COC(=O)c1ccc(COc2ccc(/C=N/NS(=O)(=O)c3cc(C)ccc3C)cc2)cc1. The van der Waals surface area contributed by atoms with Crippen LogP contribution in [0.2, 0.25) is 0 Å². The van der Waals surface area contributed by atoms with Crippen molar-refractivity contribution in [1.29, 1.82) is 0 Å². The molecule has 3 aromatic rings. The maximum absolute atomic E-state index is 12.5. The molecule has 0 saturated heterocycles. The summed E-state index contributed by atoms with van der Waals surface area (Å²) >= 11 is 0. The van der Waals surface area contributed by atoms with Crippen molar-refractivity contribution < 1.29 is 22.7 Å². The lowest BCUT2D eigenvalue weighted by Crippen LogP contribution is -2.19. The Morgan fingerprint density at radius 3 is 2.34 bits per heavy atom. The summed E-state index contributed by atoms with van der Waals surface area (Å²) < 4.78 is 35.4. The molecule has 0 fully saturated rings. The molecule has 32 heavy (non-hydrogen) atoms. The molecule has 0 aliphatic rings. The molecule has 0 aliphatic carbocycles. The van der Waals surface area contributed by atoms with Crippen LogP contribution in [0.25, 0.3) is 0 Å². The zero-order chi connectivity index (χ0) is 23.1. The monoisotopic (exact) mass is 452 g/mol. The quantitative estimate of drug-likeness (QED) is 0.317. The molecule has 0 amide bonds.